The van der Waals surface area contributed by atoms with Gasteiger partial charge in [-0.25, -0.2) is 0 Å². The van der Waals surface area contributed by atoms with Crippen LogP contribution in [0.3, 0.4) is 0 Å². The Morgan fingerprint density at radius 3 is 1.93 bits per heavy atom. The number of ether oxygens (including phenoxy) is 2. The van der Waals surface area contributed by atoms with Crippen LogP contribution in [0.4, 0.5) is 0 Å². The van der Waals surface area contributed by atoms with Crippen molar-refractivity contribution in [3.63, 3.8) is 0 Å². The highest BCUT2D eigenvalue weighted by Gasteiger charge is 2.58. The van der Waals surface area contributed by atoms with Gasteiger partial charge in [-0.05, 0) is 149 Å². The Morgan fingerprint density at radius 2 is 1.04 bits per heavy atom. The zero-order chi connectivity index (χ0) is 30.2. The van der Waals surface area contributed by atoms with Gasteiger partial charge in [0.15, 0.2) is 0 Å². The normalized spacial score (nSPS) is 55.7. The first-order chi connectivity index (χ1) is 22.8. The summed E-state index contributed by atoms with van der Waals surface area (Å²) in [4.78, 5) is 0. The monoisotopic (exact) mass is 633 g/mol. The van der Waals surface area contributed by atoms with Crippen LogP contribution < -0.4 is 10.6 Å². The van der Waals surface area contributed by atoms with Crippen molar-refractivity contribution in [2.24, 2.45) is 65.1 Å². The van der Waals surface area contributed by atoms with Crippen LogP contribution in [0.25, 0.3) is 0 Å². The van der Waals surface area contributed by atoms with Crippen molar-refractivity contribution < 1.29 is 9.47 Å². The molecule has 258 valence electrons. The number of nitrogens with one attached hydrogen (secondary N) is 2. The maximum atomic E-state index is 7.24. The van der Waals surface area contributed by atoms with Crippen molar-refractivity contribution in [2.45, 2.75) is 197 Å². The van der Waals surface area contributed by atoms with E-state index in [4.69, 9.17) is 9.47 Å². The van der Waals surface area contributed by atoms with Crippen molar-refractivity contribution in [3.8, 4) is 0 Å². The molecule has 0 aromatic carbocycles. The van der Waals surface area contributed by atoms with E-state index >= 15 is 0 Å². The first-order valence-corrected chi connectivity index (χ1v) is 21.6. The second kappa shape index (κ2) is 12.9. The summed E-state index contributed by atoms with van der Waals surface area (Å²) in [7, 11) is 0. The molecule has 10 aliphatic rings. The molecule has 0 amide bonds. The lowest BCUT2D eigenvalue weighted by Gasteiger charge is -2.53. The fourth-order valence-electron chi connectivity index (χ4n) is 15.5. The quantitative estimate of drug-likeness (QED) is 0.326. The van der Waals surface area contributed by atoms with Gasteiger partial charge >= 0.3 is 0 Å². The summed E-state index contributed by atoms with van der Waals surface area (Å²) in [6.45, 7) is 0. The lowest BCUT2D eigenvalue weighted by molar-refractivity contribution is -0.0861. The molecule has 0 spiro atoms. The molecule has 0 aromatic heterocycles. The molecular formula is C42H68N2O2. The first-order valence-electron chi connectivity index (χ1n) is 21.6. The number of hydrogen-bond acceptors (Lipinski definition) is 4. The van der Waals surface area contributed by atoms with Gasteiger partial charge < -0.3 is 9.47 Å². The molecule has 10 fully saturated rings. The van der Waals surface area contributed by atoms with Crippen LogP contribution >= 0.6 is 0 Å². The topological polar surface area (TPSA) is 42.5 Å². The van der Waals surface area contributed by atoms with E-state index < -0.39 is 0 Å². The minimum Gasteiger partial charge on any atom is -0.374 e. The SMILES string of the molecule is C1CCC(C2CC3C4CC(C5NC6CCCCC6C(C6CCC7C(C6)OC6CCCCC67)N5)CCC4OC3C3CCCCC23)CC1. The molecule has 3 aliphatic heterocycles. The van der Waals surface area contributed by atoms with Gasteiger partial charge in [-0.3, -0.25) is 10.6 Å². The second-order valence-corrected chi connectivity index (χ2v) is 19.2. The molecular weight excluding hydrogens is 564 g/mol. The molecule has 7 saturated carbocycles. The van der Waals surface area contributed by atoms with Crippen LogP contribution in [0, 0.1) is 65.1 Å². The lowest BCUT2D eigenvalue weighted by atomic mass is 9.54. The fourth-order valence-corrected chi connectivity index (χ4v) is 15.5. The van der Waals surface area contributed by atoms with Crippen molar-refractivity contribution in [3.05, 3.63) is 0 Å². The third-order valence-corrected chi connectivity index (χ3v) is 17.4. The van der Waals surface area contributed by atoms with Crippen LogP contribution in [0.5, 0.6) is 0 Å². The zero-order valence-electron chi connectivity index (χ0n) is 29.2. The standard InChI is InChI=1S/C42H68N2O2/c1-2-10-25(11-3-1)33-24-35-34-22-27(19-21-38(34)46-41(35)31-14-5-4-12-28(31)33)42-43-36-16-8-6-15-32(36)40(44-42)26-18-20-30-29-13-7-9-17-37(29)45-39(30)23-26/h25-44H,1-24H2. The summed E-state index contributed by atoms with van der Waals surface area (Å²) < 4.78 is 14.1. The van der Waals surface area contributed by atoms with Gasteiger partial charge in [0, 0.05) is 12.1 Å². The van der Waals surface area contributed by atoms with Crippen molar-refractivity contribution in [2.75, 3.05) is 0 Å². The van der Waals surface area contributed by atoms with E-state index in [0.717, 1.165) is 71.1 Å². The molecule has 0 bridgehead atoms. The van der Waals surface area contributed by atoms with Crippen molar-refractivity contribution in [1.82, 2.24) is 10.6 Å². The third kappa shape index (κ3) is 5.33. The van der Waals surface area contributed by atoms with Gasteiger partial charge in [-0.2, -0.15) is 0 Å². The van der Waals surface area contributed by atoms with Crippen LogP contribution in [-0.4, -0.2) is 42.7 Å². The highest BCUT2D eigenvalue weighted by atomic mass is 16.5. The molecule has 17 unspecified atom stereocenters. The van der Waals surface area contributed by atoms with E-state index in [2.05, 4.69) is 10.6 Å². The number of rotatable bonds is 3. The van der Waals surface area contributed by atoms with E-state index in [1.807, 2.05) is 0 Å². The summed E-state index contributed by atoms with van der Waals surface area (Å²) in [6, 6.07) is 1.45. The lowest BCUT2D eigenvalue weighted by Crippen LogP contribution is -2.68. The van der Waals surface area contributed by atoms with Gasteiger partial charge in [-0.15, -0.1) is 0 Å². The average Bonchev–Trinajstić information content (AvgIpc) is 3.69. The second-order valence-electron chi connectivity index (χ2n) is 19.2. The minimum atomic E-state index is 0.523. The van der Waals surface area contributed by atoms with Gasteiger partial charge in [0.25, 0.3) is 0 Å². The van der Waals surface area contributed by atoms with Crippen molar-refractivity contribution in [1.29, 1.82) is 0 Å². The molecule has 17 atom stereocenters. The van der Waals surface area contributed by atoms with E-state index in [-0.39, 0.29) is 0 Å². The largest absolute Gasteiger partial charge is 0.374 e. The minimum absolute atomic E-state index is 0.523. The van der Waals surface area contributed by atoms with Crippen LogP contribution in [-0.2, 0) is 9.47 Å². The van der Waals surface area contributed by atoms with Crippen LogP contribution in [0.15, 0.2) is 0 Å². The fraction of sp³-hybridized carbons (Fsp3) is 1.00. The Kier molecular flexibility index (Phi) is 8.57. The molecule has 2 N–H and O–H groups in total. The molecule has 7 aliphatic carbocycles. The van der Waals surface area contributed by atoms with Crippen LogP contribution in [0.1, 0.15) is 154 Å². The van der Waals surface area contributed by atoms with Gasteiger partial charge in [0.05, 0.1) is 30.6 Å². The zero-order valence-corrected chi connectivity index (χ0v) is 29.2. The summed E-state index contributed by atoms with van der Waals surface area (Å²) >= 11 is 0. The van der Waals surface area contributed by atoms with Crippen molar-refractivity contribution >= 4 is 0 Å². The summed E-state index contributed by atoms with van der Waals surface area (Å²) in [6.07, 6.45) is 37.7. The first kappa shape index (κ1) is 30.6. The molecule has 46 heavy (non-hydrogen) atoms. The summed E-state index contributed by atoms with van der Waals surface area (Å²) in [5.41, 5.74) is 0. The van der Waals surface area contributed by atoms with Gasteiger partial charge in [0.1, 0.15) is 0 Å². The molecule has 4 heteroatoms. The molecule has 3 heterocycles. The van der Waals surface area contributed by atoms with Gasteiger partial charge in [-0.1, -0.05) is 70.6 Å². The van der Waals surface area contributed by atoms with Crippen LogP contribution in [0.2, 0.25) is 0 Å². The molecule has 10 rings (SSSR count). The Balaban J connectivity index is 0.857. The Labute approximate surface area is 281 Å². The Hall–Kier alpha value is -0.160. The Bertz CT molecular complexity index is 1060. The highest BCUT2D eigenvalue weighted by molar-refractivity contribution is 5.08. The highest BCUT2D eigenvalue weighted by Crippen LogP contribution is 2.59. The number of hydrogen-bond donors (Lipinski definition) is 2. The predicted octanol–water partition coefficient (Wildman–Crippen LogP) is 9.01. The smallest absolute Gasteiger partial charge is 0.0641 e. The molecule has 3 saturated heterocycles. The molecule has 0 radical (unpaired) electrons. The van der Waals surface area contributed by atoms with Gasteiger partial charge in [0.2, 0.25) is 0 Å². The Morgan fingerprint density at radius 1 is 0.348 bits per heavy atom. The maximum absolute atomic E-state index is 7.24. The molecule has 0 aromatic rings. The van der Waals surface area contributed by atoms with E-state index in [9.17, 15) is 0 Å². The summed E-state index contributed by atoms with van der Waals surface area (Å²) in [5.74, 6) is 9.84. The van der Waals surface area contributed by atoms with E-state index in [1.165, 1.54) is 154 Å². The van der Waals surface area contributed by atoms with E-state index in [0.29, 0.717) is 36.6 Å². The summed E-state index contributed by atoms with van der Waals surface area (Å²) in [5, 5.41) is 8.84. The average molecular weight is 633 g/mol. The third-order valence-electron chi connectivity index (χ3n) is 17.4. The predicted molar refractivity (Wildman–Crippen MR) is 184 cm³/mol. The molecule has 4 nitrogen and oxygen atoms in total. The maximum Gasteiger partial charge on any atom is 0.0641 e. The number of fused-ring (bicyclic) bond motifs is 9. The van der Waals surface area contributed by atoms with E-state index in [1.54, 1.807) is 0 Å².